The minimum atomic E-state index is -4.08. The summed E-state index contributed by atoms with van der Waals surface area (Å²) >= 11 is 17.7. The first-order valence-corrected chi connectivity index (χ1v) is 9.64. The minimum Gasteiger partial charge on any atom is -0.263 e. The topological polar surface area (TPSA) is 72.0 Å². The molecule has 3 rings (SSSR count). The van der Waals surface area contributed by atoms with Gasteiger partial charge in [-0.1, -0.05) is 46.9 Å². The molecule has 0 fully saturated rings. The van der Waals surface area contributed by atoms with E-state index in [1.165, 1.54) is 0 Å². The highest BCUT2D eigenvalue weighted by atomic mass is 35.5. The van der Waals surface area contributed by atoms with E-state index in [2.05, 4.69) is 14.7 Å². The zero-order chi connectivity index (χ0) is 18.9. The number of hydrogen-bond acceptors (Lipinski definition) is 4. The number of sulfonamides is 1. The molecule has 0 aliphatic heterocycles. The van der Waals surface area contributed by atoms with Gasteiger partial charge in [0.1, 0.15) is 17.3 Å². The zero-order valence-corrected chi connectivity index (χ0v) is 15.8. The third-order valence-electron chi connectivity index (χ3n) is 3.37. The van der Waals surface area contributed by atoms with Crippen LogP contribution in [0.4, 0.5) is 10.2 Å². The van der Waals surface area contributed by atoms with E-state index in [9.17, 15) is 12.8 Å². The molecule has 1 aromatic heterocycles. The van der Waals surface area contributed by atoms with Gasteiger partial charge < -0.3 is 0 Å². The number of benzene rings is 2. The fraction of sp³-hybridized carbons (Fsp3) is 0. The van der Waals surface area contributed by atoms with Crippen molar-refractivity contribution in [3.63, 3.8) is 0 Å². The van der Waals surface area contributed by atoms with Gasteiger partial charge in [0.15, 0.2) is 5.82 Å². The summed E-state index contributed by atoms with van der Waals surface area (Å²) in [7, 11) is -4.08. The van der Waals surface area contributed by atoms with E-state index in [4.69, 9.17) is 34.8 Å². The van der Waals surface area contributed by atoms with Crippen molar-refractivity contribution in [2.45, 2.75) is 4.90 Å². The molecule has 0 aliphatic rings. The Morgan fingerprint density at radius 2 is 1.65 bits per heavy atom. The maximum absolute atomic E-state index is 13.3. The summed E-state index contributed by atoms with van der Waals surface area (Å²) in [6.45, 7) is 0. The van der Waals surface area contributed by atoms with Crippen LogP contribution in [0.25, 0.3) is 11.1 Å². The Hall–Kier alpha value is -1.93. The highest BCUT2D eigenvalue weighted by Gasteiger charge is 2.21. The van der Waals surface area contributed by atoms with E-state index in [-0.39, 0.29) is 26.5 Å². The van der Waals surface area contributed by atoms with E-state index in [1.807, 2.05) is 0 Å². The van der Waals surface area contributed by atoms with Crippen molar-refractivity contribution in [3.8, 4) is 11.1 Å². The molecule has 0 saturated carbocycles. The molecule has 3 aromatic rings. The summed E-state index contributed by atoms with van der Waals surface area (Å²) in [4.78, 5) is 7.62. The Morgan fingerprint density at radius 3 is 2.31 bits per heavy atom. The first-order chi connectivity index (χ1) is 12.3. The number of nitrogens with zero attached hydrogens (tertiary/aromatic N) is 2. The van der Waals surface area contributed by atoms with Gasteiger partial charge in [0.2, 0.25) is 0 Å². The largest absolute Gasteiger partial charge is 0.263 e. The Bertz CT molecular complexity index is 1080. The number of nitrogens with one attached hydrogen (secondary N) is 1. The number of hydrogen-bond donors (Lipinski definition) is 1. The molecule has 10 heteroatoms. The fourth-order valence-corrected chi connectivity index (χ4v) is 3.80. The molecule has 0 bridgehead atoms. The Kier molecular flexibility index (Phi) is 5.34. The molecule has 1 heterocycles. The van der Waals surface area contributed by atoms with Crippen molar-refractivity contribution >= 4 is 50.6 Å². The minimum absolute atomic E-state index is 0.0345. The maximum Gasteiger partial charge on any atom is 0.263 e. The molecule has 0 unspecified atom stereocenters. The molecule has 0 saturated heterocycles. The highest BCUT2D eigenvalue weighted by Crippen LogP contribution is 2.34. The summed E-state index contributed by atoms with van der Waals surface area (Å²) in [5, 5.41) is 0.244. The predicted octanol–water partition coefficient (Wildman–Crippen LogP) is 5.04. The van der Waals surface area contributed by atoms with Crippen molar-refractivity contribution < 1.29 is 12.8 Å². The molecule has 0 radical (unpaired) electrons. The summed E-state index contributed by atoms with van der Waals surface area (Å²) < 4.78 is 40.8. The lowest BCUT2D eigenvalue weighted by molar-refractivity contribution is 0.599. The lowest BCUT2D eigenvalue weighted by Gasteiger charge is -2.13. The Balaban J connectivity index is 2.06. The molecule has 0 spiro atoms. The summed E-state index contributed by atoms with van der Waals surface area (Å²) in [5.41, 5.74) is 0.845. The van der Waals surface area contributed by atoms with E-state index < -0.39 is 15.8 Å². The molecule has 0 aliphatic carbocycles. The molecule has 134 valence electrons. The van der Waals surface area contributed by atoms with Gasteiger partial charge >= 0.3 is 0 Å². The van der Waals surface area contributed by atoms with Crippen LogP contribution >= 0.6 is 34.8 Å². The van der Waals surface area contributed by atoms with Crippen LogP contribution in [0.5, 0.6) is 0 Å². The van der Waals surface area contributed by atoms with E-state index in [1.54, 1.807) is 24.3 Å². The molecule has 5 nitrogen and oxygen atoms in total. The van der Waals surface area contributed by atoms with Gasteiger partial charge in [-0.2, -0.15) is 0 Å². The van der Waals surface area contributed by atoms with Gasteiger partial charge in [-0.3, -0.25) is 4.72 Å². The predicted molar refractivity (Wildman–Crippen MR) is 99.7 cm³/mol. The van der Waals surface area contributed by atoms with Crippen molar-refractivity contribution in [1.29, 1.82) is 0 Å². The second-order valence-corrected chi connectivity index (χ2v) is 7.96. The molecule has 1 N–H and O–H groups in total. The van der Waals surface area contributed by atoms with Gasteiger partial charge in [-0.05, 0) is 35.9 Å². The molecule has 2 aromatic carbocycles. The number of rotatable bonds is 4. The third kappa shape index (κ3) is 3.91. The van der Waals surface area contributed by atoms with Gasteiger partial charge in [0.05, 0.1) is 15.5 Å². The average Bonchev–Trinajstić information content (AvgIpc) is 2.58. The van der Waals surface area contributed by atoms with Crippen LogP contribution in [0.2, 0.25) is 15.2 Å². The summed E-state index contributed by atoms with van der Waals surface area (Å²) in [6.07, 6.45) is 1.12. The lowest BCUT2D eigenvalue weighted by Crippen LogP contribution is -2.15. The monoisotopic (exact) mass is 431 g/mol. The van der Waals surface area contributed by atoms with Crippen LogP contribution in [0.15, 0.2) is 53.7 Å². The van der Waals surface area contributed by atoms with Crippen molar-refractivity contribution in [2.24, 2.45) is 0 Å². The highest BCUT2D eigenvalue weighted by molar-refractivity contribution is 7.92. The number of halogens is 4. The summed E-state index contributed by atoms with van der Waals surface area (Å²) in [6, 6.07) is 9.61. The fourth-order valence-electron chi connectivity index (χ4n) is 2.14. The number of aromatic nitrogens is 2. The average molecular weight is 433 g/mol. The van der Waals surface area contributed by atoms with Crippen LogP contribution in [0.3, 0.4) is 0 Å². The van der Waals surface area contributed by atoms with Crippen LogP contribution < -0.4 is 4.72 Å². The van der Waals surface area contributed by atoms with Crippen molar-refractivity contribution in [2.75, 3.05) is 4.72 Å². The smallest absolute Gasteiger partial charge is 0.263 e. The van der Waals surface area contributed by atoms with Gasteiger partial charge in [0, 0.05) is 5.02 Å². The number of anilines is 1. The van der Waals surface area contributed by atoms with E-state index in [0.717, 1.165) is 24.5 Å². The molecule has 0 atom stereocenters. The normalized spacial score (nSPS) is 11.4. The maximum atomic E-state index is 13.3. The van der Waals surface area contributed by atoms with Crippen LogP contribution in [0, 0.1) is 5.82 Å². The standard InChI is InChI=1S/C16H9Cl3FN3O2S/c17-10-3-1-9(2-4-10)14-15(19)21-8-22-16(14)23-26(24,25)11-5-6-13(20)12(18)7-11/h1-8H,(H,21,22,23). The first kappa shape index (κ1) is 18.8. The Morgan fingerprint density at radius 1 is 0.962 bits per heavy atom. The quantitative estimate of drug-likeness (QED) is 0.586. The first-order valence-electron chi connectivity index (χ1n) is 7.02. The SMILES string of the molecule is O=S(=O)(Nc1ncnc(Cl)c1-c1ccc(Cl)cc1)c1ccc(F)c(Cl)c1. The zero-order valence-electron chi connectivity index (χ0n) is 12.7. The van der Waals surface area contributed by atoms with Gasteiger partial charge in [-0.15, -0.1) is 0 Å². The van der Waals surface area contributed by atoms with Gasteiger partial charge in [0.25, 0.3) is 10.0 Å². The van der Waals surface area contributed by atoms with Crippen molar-refractivity contribution in [1.82, 2.24) is 9.97 Å². The van der Waals surface area contributed by atoms with Gasteiger partial charge in [-0.25, -0.2) is 22.8 Å². The lowest BCUT2D eigenvalue weighted by atomic mass is 10.1. The molecule has 26 heavy (non-hydrogen) atoms. The second-order valence-electron chi connectivity index (χ2n) is 5.08. The third-order valence-corrected chi connectivity index (χ3v) is 5.53. The van der Waals surface area contributed by atoms with E-state index in [0.29, 0.717) is 10.6 Å². The summed E-state index contributed by atoms with van der Waals surface area (Å²) in [5.74, 6) is -0.759. The molecule has 0 amide bonds. The second kappa shape index (κ2) is 7.36. The van der Waals surface area contributed by atoms with Crippen LogP contribution in [-0.2, 0) is 10.0 Å². The molecular weight excluding hydrogens is 424 g/mol. The van der Waals surface area contributed by atoms with Crippen LogP contribution in [-0.4, -0.2) is 18.4 Å². The van der Waals surface area contributed by atoms with Crippen LogP contribution in [0.1, 0.15) is 0 Å². The van der Waals surface area contributed by atoms with Crippen molar-refractivity contribution in [3.05, 3.63) is 69.8 Å². The Labute approximate surface area is 163 Å². The molecular formula is C16H9Cl3FN3O2S. The van der Waals surface area contributed by atoms with E-state index >= 15 is 0 Å².